The Morgan fingerprint density at radius 2 is 1.68 bits per heavy atom. The SMILES string of the molecule is CCC(CC)CNC(=NC)NC(C)CCCN(CC)CC.I. The molecule has 2 N–H and O–H groups in total. The van der Waals surface area contributed by atoms with E-state index in [1.807, 2.05) is 7.05 Å². The Balaban J connectivity index is 0. The summed E-state index contributed by atoms with van der Waals surface area (Å²) in [6.45, 7) is 15.7. The zero-order chi connectivity index (χ0) is 16.1. The van der Waals surface area contributed by atoms with Crippen molar-refractivity contribution in [3.8, 4) is 0 Å². The summed E-state index contributed by atoms with van der Waals surface area (Å²) in [4.78, 5) is 6.81. The summed E-state index contributed by atoms with van der Waals surface area (Å²) in [6.07, 6.45) is 4.86. The van der Waals surface area contributed by atoms with Crippen molar-refractivity contribution in [3.63, 3.8) is 0 Å². The molecule has 1 unspecified atom stereocenters. The van der Waals surface area contributed by atoms with Crippen molar-refractivity contribution in [2.75, 3.05) is 33.2 Å². The lowest BCUT2D eigenvalue weighted by Crippen LogP contribution is -2.44. The van der Waals surface area contributed by atoms with Gasteiger partial charge < -0.3 is 15.5 Å². The lowest BCUT2D eigenvalue weighted by Gasteiger charge is -2.22. The number of guanidine groups is 1. The van der Waals surface area contributed by atoms with Crippen LogP contribution in [0.4, 0.5) is 0 Å². The van der Waals surface area contributed by atoms with E-state index in [0.29, 0.717) is 6.04 Å². The first kappa shape index (κ1) is 24.2. The van der Waals surface area contributed by atoms with Crippen molar-refractivity contribution < 1.29 is 0 Å². The van der Waals surface area contributed by atoms with Gasteiger partial charge in [-0.05, 0) is 45.3 Å². The van der Waals surface area contributed by atoms with Gasteiger partial charge in [0.25, 0.3) is 0 Å². The van der Waals surface area contributed by atoms with E-state index >= 15 is 0 Å². The van der Waals surface area contributed by atoms with Gasteiger partial charge >= 0.3 is 0 Å². The second-order valence-electron chi connectivity index (χ2n) is 5.85. The number of rotatable bonds is 11. The zero-order valence-corrected chi connectivity index (χ0v) is 17.9. The molecule has 0 aromatic heterocycles. The summed E-state index contributed by atoms with van der Waals surface area (Å²) in [5.74, 6) is 1.68. The Kier molecular flexibility index (Phi) is 17.4. The number of hydrogen-bond acceptors (Lipinski definition) is 2. The highest BCUT2D eigenvalue weighted by Gasteiger charge is 2.08. The molecule has 0 aliphatic heterocycles. The summed E-state index contributed by atoms with van der Waals surface area (Å²) < 4.78 is 0. The fourth-order valence-electron chi connectivity index (χ4n) is 2.48. The molecule has 0 heterocycles. The summed E-state index contributed by atoms with van der Waals surface area (Å²) in [6, 6.07) is 0.466. The quantitative estimate of drug-likeness (QED) is 0.301. The minimum absolute atomic E-state index is 0. The second-order valence-corrected chi connectivity index (χ2v) is 5.85. The van der Waals surface area contributed by atoms with Crippen LogP contribution in [0.15, 0.2) is 4.99 Å². The predicted molar refractivity (Wildman–Crippen MR) is 110 cm³/mol. The maximum Gasteiger partial charge on any atom is 0.191 e. The van der Waals surface area contributed by atoms with E-state index in [2.05, 4.69) is 55.1 Å². The monoisotopic (exact) mass is 426 g/mol. The molecule has 0 rings (SSSR count). The minimum Gasteiger partial charge on any atom is -0.356 e. The number of nitrogens with zero attached hydrogens (tertiary/aromatic N) is 2. The summed E-state index contributed by atoms with van der Waals surface area (Å²) in [5.41, 5.74) is 0. The van der Waals surface area contributed by atoms with E-state index < -0.39 is 0 Å². The van der Waals surface area contributed by atoms with Crippen molar-refractivity contribution in [2.45, 2.75) is 66.3 Å². The second kappa shape index (κ2) is 15.8. The molecular formula is C17H39IN4. The first-order valence-electron chi connectivity index (χ1n) is 8.80. The molecule has 0 saturated carbocycles. The molecule has 134 valence electrons. The van der Waals surface area contributed by atoms with Crippen LogP contribution in [0.3, 0.4) is 0 Å². The Morgan fingerprint density at radius 3 is 2.14 bits per heavy atom. The van der Waals surface area contributed by atoms with Gasteiger partial charge in [-0.2, -0.15) is 0 Å². The molecule has 0 aliphatic rings. The lowest BCUT2D eigenvalue weighted by molar-refractivity contribution is 0.292. The predicted octanol–water partition coefficient (Wildman–Crippen LogP) is 3.72. The molecule has 0 amide bonds. The Bertz CT molecular complexity index is 263. The van der Waals surface area contributed by atoms with E-state index in [0.717, 1.165) is 31.5 Å². The number of hydrogen-bond donors (Lipinski definition) is 2. The van der Waals surface area contributed by atoms with Crippen molar-refractivity contribution in [3.05, 3.63) is 0 Å². The molecule has 0 aliphatic carbocycles. The summed E-state index contributed by atoms with van der Waals surface area (Å²) >= 11 is 0. The van der Waals surface area contributed by atoms with Crippen molar-refractivity contribution in [1.82, 2.24) is 15.5 Å². The zero-order valence-electron chi connectivity index (χ0n) is 15.6. The average molecular weight is 426 g/mol. The van der Waals surface area contributed by atoms with Crippen molar-refractivity contribution in [2.24, 2.45) is 10.9 Å². The third kappa shape index (κ3) is 11.5. The fourth-order valence-corrected chi connectivity index (χ4v) is 2.48. The molecule has 0 aromatic carbocycles. The van der Waals surface area contributed by atoms with Crippen molar-refractivity contribution >= 4 is 29.9 Å². The van der Waals surface area contributed by atoms with Gasteiger partial charge in [0, 0.05) is 19.6 Å². The van der Waals surface area contributed by atoms with Gasteiger partial charge in [-0.1, -0.05) is 40.5 Å². The maximum atomic E-state index is 4.33. The van der Waals surface area contributed by atoms with Gasteiger partial charge in [0.05, 0.1) is 0 Å². The van der Waals surface area contributed by atoms with Gasteiger partial charge in [0.15, 0.2) is 5.96 Å². The Morgan fingerprint density at radius 1 is 1.09 bits per heavy atom. The minimum atomic E-state index is 0. The van der Waals surface area contributed by atoms with Gasteiger partial charge in [-0.15, -0.1) is 24.0 Å². The topological polar surface area (TPSA) is 39.7 Å². The van der Waals surface area contributed by atoms with E-state index in [1.54, 1.807) is 0 Å². The summed E-state index contributed by atoms with van der Waals surface area (Å²) in [5, 5.41) is 6.95. The average Bonchev–Trinajstić information content (AvgIpc) is 2.51. The van der Waals surface area contributed by atoms with E-state index in [9.17, 15) is 0 Å². The van der Waals surface area contributed by atoms with Gasteiger partial charge in [-0.25, -0.2) is 0 Å². The van der Waals surface area contributed by atoms with Crippen LogP contribution in [0.5, 0.6) is 0 Å². The molecular weight excluding hydrogens is 387 g/mol. The Hall–Kier alpha value is -0.0400. The van der Waals surface area contributed by atoms with Gasteiger partial charge in [0.1, 0.15) is 0 Å². The highest BCUT2D eigenvalue weighted by molar-refractivity contribution is 14.0. The third-order valence-electron chi connectivity index (χ3n) is 4.33. The molecule has 0 radical (unpaired) electrons. The van der Waals surface area contributed by atoms with Gasteiger partial charge in [-0.3, -0.25) is 4.99 Å². The first-order chi connectivity index (χ1) is 10.1. The highest BCUT2D eigenvalue weighted by atomic mass is 127. The van der Waals surface area contributed by atoms with Gasteiger partial charge in [0.2, 0.25) is 0 Å². The summed E-state index contributed by atoms with van der Waals surface area (Å²) in [7, 11) is 1.85. The van der Waals surface area contributed by atoms with Crippen LogP contribution in [0, 0.1) is 5.92 Å². The molecule has 0 aromatic rings. The number of halogens is 1. The first-order valence-corrected chi connectivity index (χ1v) is 8.80. The smallest absolute Gasteiger partial charge is 0.191 e. The molecule has 0 fully saturated rings. The maximum absolute atomic E-state index is 4.33. The Labute approximate surface area is 155 Å². The van der Waals surface area contributed by atoms with Crippen LogP contribution in [-0.2, 0) is 0 Å². The molecule has 0 bridgehead atoms. The molecule has 22 heavy (non-hydrogen) atoms. The van der Waals surface area contributed by atoms with Crippen LogP contribution in [-0.4, -0.2) is 50.1 Å². The molecule has 4 nitrogen and oxygen atoms in total. The molecule has 5 heteroatoms. The molecule has 0 saturated heterocycles. The fraction of sp³-hybridized carbons (Fsp3) is 0.941. The van der Waals surface area contributed by atoms with E-state index in [1.165, 1.54) is 32.2 Å². The highest BCUT2D eigenvalue weighted by Crippen LogP contribution is 2.05. The van der Waals surface area contributed by atoms with Crippen LogP contribution in [0.25, 0.3) is 0 Å². The molecule has 1 atom stereocenters. The largest absolute Gasteiger partial charge is 0.356 e. The van der Waals surface area contributed by atoms with Crippen LogP contribution in [0.2, 0.25) is 0 Å². The van der Waals surface area contributed by atoms with Crippen molar-refractivity contribution in [1.29, 1.82) is 0 Å². The van der Waals surface area contributed by atoms with Crippen LogP contribution in [0.1, 0.15) is 60.3 Å². The van der Waals surface area contributed by atoms with E-state index in [4.69, 9.17) is 0 Å². The molecule has 0 spiro atoms. The number of nitrogens with one attached hydrogen (secondary N) is 2. The third-order valence-corrected chi connectivity index (χ3v) is 4.33. The standard InChI is InChI=1S/C17H38N4.HI/c1-7-16(8-2)14-19-17(18-6)20-15(5)12-11-13-21(9-3)10-4;/h15-16H,7-14H2,1-6H3,(H2,18,19,20);1H. The number of aliphatic imine (C=N–C) groups is 1. The normalized spacial score (nSPS) is 13.2. The van der Waals surface area contributed by atoms with E-state index in [-0.39, 0.29) is 24.0 Å². The van der Waals surface area contributed by atoms with Crippen LogP contribution < -0.4 is 10.6 Å². The lowest BCUT2D eigenvalue weighted by atomic mass is 10.0. The van der Waals surface area contributed by atoms with Crippen LogP contribution >= 0.6 is 24.0 Å².